The number of carbonyl (C=O) groups is 1. The number of carbonyl (C=O) groups excluding carboxylic acids is 1. The van der Waals surface area contributed by atoms with E-state index in [0.717, 1.165) is 22.5 Å². The van der Waals surface area contributed by atoms with Crippen molar-refractivity contribution in [3.05, 3.63) is 108 Å². The van der Waals surface area contributed by atoms with Crippen LogP contribution in [0.1, 0.15) is 15.9 Å². The number of aromatic nitrogens is 4. The Hall–Kier alpha value is -4.45. The van der Waals surface area contributed by atoms with Gasteiger partial charge in [-0.3, -0.25) is 10.1 Å². The Morgan fingerprint density at radius 2 is 1.56 bits per heavy atom. The first-order valence-electron chi connectivity index (χ1n) is 10.3. The number of nitrogens with zero attached hydrogens (tertiary/aromatic N) is 3. The zero-order valence-electron chi connectivity index (χ0n) is 17.5. The Balaban J connectivity index is 1.47. The van der Waals surface area contributed by atoms with Crippen molar-refractivity contribution in [1.29, 1.82) is 0 Å². The third-order valence-corrected chi connectivity index (χ3v) is 5.20. The molecule has 0 aliphatic rings. The standard InChI is InChI=1S/C26H21N5O/c1-18-12-14-19(15-13-18)23-16-27-26(28-23)29-25(32)22-17-31(21-10-6-3-7-11-21)30-24(22)20-8-4-2-5-9-20/h2-17H,1H3,(H2,27,28,29,32). The first-order chi connectivity index (χ1) is 15.7. The van der Waals surface area contributed by atoms with E-state index >= 15 is 0 Å². The van der Waals surface area contributed by atoms with Crippen LogP contribution in [0.5, 0.6) is 0 Å². The van der Waals surface area contributed by atoms with E-state index in [0.29, 0.717) is 17.2 Å². The molecule has 0 atom stereocenters. The van der Waals surface area contributed by atoms with Crippen molar-refractivity contribution in [2.75, 3.05) is 5.32 Å². The maximum atomic E-state index is 13.2. The highest BCUT2D eigenvalue weighted by Crippen LogP contribution is 2.25. The fourth-order valence-corrected chi connectivity index (χ4v) is 3.50. The van der Waals surface area contributed by atoms with E-state index in [2.05, 4.69) is 15.3 Å². The summed E-state index contributed by atoms with van der Waals surface area (Å²) in [5.74, 6) is 0.105. The Labute approximate surface area is 185 Å². The number of benzene rings is 3. The second kappa shape index (κ2) is 8.35. The van der Waals surface area contributed by atoms with Crippen LogP contribution in [0.25, 0.3) is 28.2 Å². The lowest BCUT2D eigenvalue weighted by Crippen LogP contribution is -2.13. The van der Waals surface area contributed by atoms with Crippen molar-refractivity contribution < 1.29 is 4.79 Å². The summed E-state index contributed by atoms with van der Waals surface area (Å²) in [5, 5.41) is 7.58. The number of para-hydroxylation sites is 1. The molecule has 0 saturated carbocycles. The monoisotopic (exact) mass is 419 g/mol. The van der Waals surface area contributed by atoms with Gasteiger partial charge in [-0.15, -0.1) is 0 Å². The predicted molar refractivity (Wildman–Crippen MR) is 126 cm³/mol. The van der Waals surface area contributed by atoms with Crippen LogP contribution in [0.2, 0.25) is 0 Å². The van der Waals surface area contributed by atoms with Crippen LogP contribution < -0.4 is 5.32 Å². The van der Waals surface area contributed by atoms with Crippen molar-refractivity contribution in [2.45, 2.75) is 6.92 Å². The first-order valence-corrected chi connectivity index (χ1v) is 10.3. The van der Waals surface area contributed by atoms with Gasteiger partial charge in [0.2, 0.25) is 5.95 Å². The van der Waals surface area contributed by atoms with E-state index in [-0.39, 0.29) is 5.91 Å². The quantitative estimate of drug-likeness (QED) is 0.395. The largest absolute Gasteiger partial charge is 0.324 e. The Morgan fingerprint density at radius 1 is 0.875 bits per heavy atom. The molecule has 0 spiro atoms. The van der Waals surface area contributed by atoms with Crippen molar-refractivity contribution in [3.63, 3.8) is 0 Å². The van der Waals surface area contributed by atoms with Crippen LogP contribution in [0.3, 0.4) is 0 Å². The van der Waals surface area contributed by atoms with Crippen molar-refractivity contribution >= 4 is 11.9 Å². The first kappa shape index (κ1) is 19.5. The van der Waals surface area contributed by atoms with Gasteiger partial charge in [-0.05, 0) is 24.6 Å². The van der Waals surface area contributed by atoms with Gasteiger partial charge in [-0.2, -0.15) is 5.10 Å². The van der Waals surface area contributed by atoms with Crippen LogP contribution in [-0.2, 0) is 0 Å². The smallest absolute Gasteiger partial charge is 0.261 e. The molecule has 0 fully saturated rings. The molecule has 2 aromatic heterocycles. The third kappa shape index (κ3) is 3.94. The number of hydrogen-bond donors (Lipinski definition) is 2. The van der Waals surface area contributed by atoms with Gasteiger partial charge in [0.25, 0.3) is 5.91 Å². The lowest BCUT2D eigenvalue weighted by atomic mass is 10.1. The molecule has 0 unspecified atom stereocenters. The SMILES string of the molecule is Cc1ccc(-c2cnc(NC(=O)c3cn(-c4ccccc4)nc3-c3ccccc3)[nH]2)cc1. The molecule has 2 N–H and O–H groups in total. The summed E-state index contributed by atoms with van der Waals surface area (Å²) in [6.45, 7) is 2.04. The topological polar surface area (TPSA) is 75.6 Å². The number of hydrogen-bond acceptors (Lipinski definition) is 3. The molecule has 5 aromatic rings. The fourth-order valence-electron chi connectivity index (χ4n) is 3.50. The van der Waals surface area contributed by atoms with E-state index in [1.807, 2.05) is 91.9 Å². The van der Waals surface area contributed by atoms with Gasteiger partial charge < -0.3 is 4.98 Å². The molecule has 0 saturated heterocycles. The molecule has 0 radical (unpaired) electrons. The van der Waals surface area contributed by atoms with Gasteiger partial charge in [0.1, 0.15) is 5.69 Å². The molecule has 0 bridgehead atoms. The minimum Gasteiger partial charge on any atom is -0.324 e. The summed E-state index contributed by atoms with van der Waals surface area (Å²) in [6.07, 6.45) is 3.46. The van der Waals surface area contributed by atoms with Crippen LogP contribution in [-0.4, -0.2) is 25.7 Å². The van der Waals surface area contributed by atoms with Crippen LogP contribution in [0, 0.1) is 6.92 Å². The maximum Gasteiger partial charge on any atom is 0.261 e. The van der Waals surface area contributed by atoms with Gasteiger partial charge in [-0.1, -0.05) is 78.4 Å². The minimum absolute atomic E-state index is 0.282. The number of H-pyrrole nitrogens is 1. The molecular formula is C26H21N5O. The zero-order valence-corrected chi connectivity index (χ0v) is 17.5. The molecule has 6 nitrogen and oxygen atoms in total. The van der Waals surface area contributed by atoms with Crippen LogP contribution in [0.15, 0.2) is 97.3 Å². The average Bonchev–Trinajstić information content (AvgIpc) is 3.48. The highest BCUT2D eigenvalue weighted by Gasteiger charge is 2.19. The van der Waals surface area contributed by atoms with E-state index in [1.165, 1.54) is 5.56 Å². The van der Waals surface area contributed by atoms with Crippen molar-refractivity contribution in [2.24, 2.45) is 0 Å². The number of imidazole rings is 1. The Bertz CT molecular complexity index is 1350. The lowest BCUT2D eigenvalue weighted by Gasteiger charge is -2.03. The van der Waals surface area contributed by atoms with Crippen molar-refractivity contribution in [3.8, 4) is 28.2 Å². The van der Waals surface area contributed by atoms with E-state index in [1.54, 1.807) is 17.1 Å². The second-order valence-electron chi connectivity index (χ2n) is 7.50. The molecule has 32 heavy (non-hydrogen) atoms. The van der Waals surface area contributed by atoms with Crippen molar-refractivity contribution in [1.82, 2.24) is 19.7 Å². The summed E-state index contributed by atoms with van der Waals surface area (Å²) in [7, 11) is 0. The molecule has 0 aliphatic carbocycles. The molecule has 3 aromatic carbocycles. The molecular weight excluding hydrogens is 398 g/mol. The number of aromatic amines is 1. The molecule has 1 amide bonds. The minimum atomic E-state index is -0.282. The highest BCUT2D eigenvalue weighted by molar-refractivity contribution is 6.07. The number of amides is 1. The number of anilines is 1. The zero-order chi connectivity index (χ0) is 21.9. The van der Waals surface area contributed by atoms with E-state index in [9.17, 15) is 4.79 Å². The summed E-state index contributed by atoms with van der Waals surface area (Å²) in [6, 6.07) is 27.5. The number of nitrogens with one attached hydrogen (secondary N) is 2. The predicted octanol–water partition coefficient (Wildman–Crippen LogP) is 5.49. The normalized spacial score (nSPS) is 10.8. The molecule has 2 heterocycles. The van der Waals surface area contributed by atoms with Gasteiger partial charge in [0, 0.05) is 11.8 Å². The van der Waals surface area contributed by atoms with Crippen LogP contribution in [0.4, 0.5) is 5.95 Å². The molecule has 0 aliphatic heterocycles. The lowest BCUT2D eigenvalue weighted by molar-refractivity contribution is 0.102. The number of rotatable bonds is 5. The molecule has 156 valence electrons. The fraction of sp³-hybridized carbons (Fsp3) is 0.0385. The summed E-state index contributed by atoms with van der Waals surface area (Å²) in [5.41, 5.74) is 5.85. The number of aryl methyl sites for hydroxylation is 1. The Kier molecular flexibility index (Phi) is 5.09. The van der Waals surface area contributed by atoms with Gasteiger partial charge in [-0.25, -0.2) is 9.67 Å². The van der Waals surface area contributed by atoms with Gasteiger partial charge >= 0.3 is 0 Å². The van der Waals surface area contributed by atoms with E-state index < -0.39 is 0 Å². The highest BCUT2D eigenvalue weighted by atomic mass is 16.1. The van der Waals surface area contributed by atoms with Crippen LogP contribution >= 0.6 is 0 Å². The summed E-state index contributed by atoms with van der Waals surface area (Å²) >= 11 is 0. The summed E-state index contributed by atoms with van der Waals surface area (Å²) < 4.78 is 1.72. The average molecular weight is 419 g/mol. The maximum absolute atomic E-state index is 13.2. The molecule has 6 heteroatoms. The molecule has 5 rings (SSSR count). The van der Waals surface area contributed by atoms with Gasteiger partial charge in [0.15, 0.2) is 0 Å². The second-order valence-corrected chi connectivity index (χ2v) is 7.50. The van der Waals surface area contributed by atoms with Gasteiger partial charge in [0.05, 0.1) is 23.1 Å². The third-order valence-electron chi connectivity index (χ3n) is 5.20. The van der Waals surface area contributed by atoms with E-state index in [4.69, 9.17) is 5.10 Å². The summed E-state index contributed by atoms with van der Waals surface area (Å²) in [4.78, 5) is 20.7. The Morgan fingerprint density at radius 3 is 2.28 bits per heavy atom.